The van der Waals surface area contributed by atoms with E-state index in [1.807, 2.05) is 52.0 Å². The topological polar surface area (TPSA) is 82.2 Å². The lowest BCUT2D eigenvalue weighted by molar-refractivity contribution is -0.166. The number of rotatable bonds is 9. The summed E-state index contributed by atoms with van der Waals surface area (Å²) in [6.45, 7) is 13.7. The number of fused-ring (bicyclic) bond motifs is 1. The minimum Gasteiger partial charge on any atom is -0.496 e. The van der Waals surface area contributed by atoms with Gasteiger partial charge in [0.2, 0.25) is 0 Å². The summed E-state index contributed by atoms with van der Waals surface area (Å²) < 4.78 is 23.9. The van der Waals surface area contributed by atoms with Crippen LogP contribution in [0.15, 0.2) is 48.5 Å². The second kappa shape index (κ2) is 13.3. The van der Waals surface area contributed by atoms with Gasteiger partial charge in [-0.05, 0) is 95.5 Å². The van der Waals surface area contributed by atoms with Crippen LogP contribution in [0.1, 0.15) is 56.4 Å². The van der Waals surface area contributed by atoms with Gasteiger partial charge in [0.15, 0.2) is 0 Å². The van der Waals surface area contributed by atoms with Gasteiger partial charge < -0.3 is 29.2 Å². The van der Waals surface area contributed by atoms with Gasteiger partial charge in [0, 0.05) is 37.4 Å². The summed E-state index contributed by atoms with van der Waals surface area (Å²) in [6, 6.07) is 16.6. The Morgan fingerprint density at radius 1 is 1.12 bits per heavy atom. The summed E-state index contributed by atoms with van der Waals surface area (Å²) in [5, 5.41) is 3.43. The number of aryl methyl sites for hydroxylation is 1. The Balaban J connectivity index is 1.35. The number of nitrogens with zero attached hydrogens (tertiary/aromatic N) is 2. The monoisotopic (exact) mass is 587 g/mol. The molecule has 1 saturated heterocycles. The fraction of sp³-hybridized carbons (Fsp3) is 0.486. The van der Waals surface area contributed by atoms with Gasteiger partial charge in [-0.3, -0.25) is 4.79 Å². The molecule has 3 heterocycles. The number of benzene rings is 2. The van der Waals surface area contributed by atoms with Crippen molar-refractivity contribution < 1.29 is 23.7 Å². The van der Waals surface area contributed by atoms with Crippen molar-refractivity contribution in [3.63, 3.8) is 0 Å². The Labute approximate surface area is 255 Å². The number of anilines is 1. The third-order valence-electron chi connectivity index (χ3n) is 7.97. The smallest absolute Gasteiger partial charge is 0.312 e. The van der Waals surface area contributed by atoms with E-state index in [4.69, 9.17) is 23.9 Å². The summed E-state index contributed by atoms with van der Waals surface area (Å²) in [6.07, 6.45) is 1.36. The molecular weight excluding hydrogens is 542 g/mol. The van der Waals surface area contributed by atoms with Crippen LogP contribution < -0.4 is 19.7 Å². The summed E-state index contributed by atoms with van der Waals surface area (Å²) >= 11 is 0. The van der Waals surface area contributed by atoms with E-state index >= 15 is 0 Å². The van der Waals surface area contributed by atoms with Gasteiger partial charge in [-0.1, -0.05) is 23.8 Å². The highest BCUT2D eigenvalue weighted by Crippen LogP contribution is 2.34. The van der Waals surface area contributed by atoms with Crippen molar-refractivity contribution in [3.05, 3.63) is 70.8 Å². The molecule has 2 aromatic carbocycles. The zero-order chi connectivity index (χ0) is 30.6. The molecule has 0 spiro atoms. The molecule has 2 atom stereocenters. The molecule has 0 radical (unpaired) electrons. The van der Waals surface area contributed by atoms with Crippen LogP contribution in [-0.4, -0.2) is 56.0 Å². The molecule has 2 aliphatic heterocycles. The summed E-state index contributed by atoms with van der Waals surface area (Å²) in [5.74, 6) is 2.05. The third kappa shape index (κ3) is 7.48. The second-order valence-corrected chi connectivity index (χ2v) is 12.4. The minimum absolute atomic E-state index is 0.193. The van der Waals surface area contributed by atoms with Gasteiger partial charge in [0.1, 0.15) is 29.5 Å². The number of carbonyl (C=O) groups excluding carboxylic acids is 1. The number of piperidine rings is 1. The molecule has 8 nitrogen and oxygen atoms in total. The summed E-state index contributed by atoms with van der Waals surface area (Å²) in [5.41, 5.74) is 6.02. The van der Waals surface area contributed by atoms with E-state index in [1.165, 1.54) is 11.1 Å². The minimum atomic E-state index is -0.530. The number of carbonyl (C=O) groups is 1. The van der Waals surface area contributed by atoms with Crippen molar-refractivity contribution in [3.8, 4) is 22.8 Å². The molecule has 3 aromatic rings. The van der Waals surface area contributed by atoms with Gasteiger partial charge in [0.05, 0.1) is 24.8 Å². The van der Waals surface area contributed by atoms with Crippen molar-refractivity contribution >= 4 is 11.8 Å². The number of hydrogen-bond donors (Lipinski definition) is 1. The zero-order valence-corrected chi connectivity index (χ0v) is 26.4. The number of nitrogens with one attached hydrogen (secondary N) is 1. The molecule has 1 aromatic heterocycles. The van der Waals surface area contributed by atoms with Crippen LogP contribution in [-0.2, 0) is 33.8 Å². The molecule has 1 N–H and O–H groups in total. The SMILES string of the molecule is CCO[C@@H]1CN(c2cccc(-c3cc(C)ccc3OCc3cc4c(c(OC)c3)CNCC4)n2)CC[C@@H]1C(=O)OC(C)(C)C. The molecule has 0 bridgehead atoms. The van der Waals surface area contributed by atoms with Gasteiger partial charge in [0.25, 0.3) is 0 Å². The zero-order valence-electron chi connectivity index (χ0n) is 26.4. The first-order valence-electron chi connectivity index (χ1n) is 15.3. The molecule has 0 amide bonds. The van der Waals surface area contributed by atoms with Crippen molar-refractivity contribution in [2.45, 2.75) is 72.3 Å². The van der Waals surface area contributed by atoms with Crippen LogP contribution in [0.25, 0.3) is 11.3 Å². The average Bonchev–Trinajstić information content (AvgIpc) is 2.99. The van der Waals surface area contributed by atoms with E-state index in [0.29, 0.717) is 32.7 Å². The van der Waals surface area contributed by atoms with Crippen LogP contribution in [0, 0.1) is 12.8 Å². The fourth-order valence-corrected chi connectivity index (χ4v) is 5.93. The second-order valence-electron chi connectivity index (χ2n) is 12.4. The van der Waals surface area contributed by atoms with Gasteiger partial charge >= 0.3 is 5.97 Å². The summed E-state index contributed by atoms with van der Waals surface area (Å²) in [7, 11) is 1.72. The number of esters is 1. The average molecular weight is 588 g/mol. The quantitative estimate of drug-likeness (QED) is 0.312. The van der Waals surface area contributed by atoms with Crippen LogP contribution in [0.3, 0.4) is 0 Å². The lowest BCUT2D eigenvalue weighted by Gasteiger charge is -2.38. The number of hydrogen-bond acceptors (Lipinski definition) is 8. The number of ether oxygens (including phenoxy) is 4. The molecule has 8 heteroatoms. The normalized spacial score (nSPS) is 18.6. The van der Waals surface area contributed by atoms with E-state index in [0.717, 1.165) is 59.2 Å². The first-order chi connectivity index (χ1) is 20.6. The number of aromatic nitrogens is 1. The Kier molecular flexibility index (Phi) is 9.57. The molecule has 0 saturated carbocycles. The van der Waals surface area contributed by atoms with Crippen LogP contribution >= 0.6 is 0 Å². The maximum Gasteiger partial charge on any atom is 0.312 e. The first kappa shape index (κ1) is 30.8. The van der Waals surface area contributed by atoms with E-state index in [2.05, 4.69) is 41.4 Å². The molecular formula is C35H45N3O5. The Morgan fingerprint density at radius 2 is 1.95 bits per heavy atom. The molecule has 0 aliphatic carbocycles. The van der Waals surface area contributed by atoms with E-state index in [-0.39, 0.29) is 18.0 Å². The van der Waals surface area contributed by atoms with Gasteiger partial charge in [-0.2, -0.15) is 0 Å². The molecule has 5 rings (SSSR count). The largest absolute Gasteiger partial charge is 0.496 e. The Bertz CT molecular complexity index is 1420. The molecule has 43 heavy (non-hydrogen) atoms. The van der Waals surface area contributed by atoms with Crippen molar-refractivity contribution in [2.24, 2.45) is 5.92 Å². The van der Waals surface area contributed by atoms with Crippen molar-refractivity contribution in [2.75, 3.05) is 38.3 Å². The fourth-order valence-electron chi connectivity index (χ4n) is 5.93. The van der Waals surface area contributed by atoms with E-state index < -0.39 is 5.60 Å². The molecule has 230 valence electrons. The molecule has 0 unspecified atom stereocenters. The maximum atomic E-state index is 13.0. The summed E-state index contributed by atoms with van der Waals surface area (Å²) in [4.78, 5) is 20.2. The van der Waals surface area contributed by atoms with Gasteiger partial charge in [-0.15, -0.1) is 0 Å². The third-order valence-corrected chi connectivity index (χ3v) is 7.97. The Morgan fingerprint density at radius 3 is 2.72 bits per heavy atom. The highest BCUT2D eigenvalue weighted by atomic mass is 16.6. The molecule has 2 aliphatic rings. The molecule has 1 fully saturated rings. The van der Waals surface area contributed by atoms with Crippen LogP contribution in [0.2, 0.25) is 0 Å². The van der Waals surface area contributed by atoms with E-state index in [9.17, 15) is 4.79 Å². The van der Waals surface area contributed by atoms with E-state index in [1.54, 1.807) is 7.11 Å². The number of pyridine rings is 1. The highest BCUT2D eigenvalue weighted by Gasteiger charge is 2.38. The first-order valence-corrected chi connectivity index (χ1v) is 15.3. The standard InChI is InChI=1S/C35H45N3O5/c1-7-41-32-21-38(16-14-26(32)34(39)43-35(3,4)5)33-10-8-9-29(37-33)27-17-23(2)11-12-30(27)42-22-24-18-25-13-15-36-20-28(25)31(19-24)40-6/h8-12,17-19,26,32,36H,7,13-16,20-22H2,1-6H3/t26-,32+/m0/s1. The maximum absolute atomic E-state index is 13.0. The van der Waals surface area contributed by atoms with Crippen molar-refractivity contribution in [1.82, 2.24) is 10.3 Å². The van der Waals surface area contributed by atoms with Gasteiger partial charge in [-0.25, -0.2) is 4.98 Å². The lowest BCUT2D eigenvalue weighted by atomic mass is 9.93. The lowest BCUT2D eigenvalue weighted by Crippen LogP contribution is -2.49. The van der Waals surface area contributed by atoms with Crippen LogP contribution in [0.5, 0.6) is 11.5 Å². The predicted octanol–water partition coefficient (Wildman–Crippen LogP) is 5.86. The highest BCUT2D eigenvalue weighted by molar-refractivity contribution is 5.74. The predicted molar refractivity (Wildman–Crippen MR) is 169 cm³/mol. The van der Waals surface area contributed by atoms with Crippen LogP contribution in [0.4, 0.5) is 5.82 Å². The Hall–Kier alpha value is -3.62. The van der Waals surface area contributed by atoms with Crippen molar-refractivity contribution in [1.29, 1.82) is 0 Å². The number of methoxy groups -OCH3 is 1.